The van der Waals surface area contributed by atoms with Crippen molar-refractivity contribution in [1.29, 1.82) is 0 Å². The van der Waals surface area contributed by atoms with E-state index in [9.17, 15) is 4.79 Å². The lowest BCUT2D eigenvalue weighted by atomic mass is 10.2. The SMILES string of the molecule is CCCCCNC(=O)CCOCCOCCOCCNC(C)C. The van der Waals surface area contributed by atoms with Crippen LogP contribution in [0.2, 0.25) is 0 Å². The molecule has 0 spiro atoms. The molecule has 0 fully saturated rings. The highest BCUT2D eigenvalue weighted by molar-refractivity contribution is 5.75. The largest absolute Gasteiger partial charge is 0.379 e. The third-order valence-corrected chi connectivity index (χ3v) is 3.12. The van der Waals surface area contributed by atoms with E-state index in [1.807, 2.05) is 0 Å². The standard InChI is InChI=1S/C17H36N2O4/c1-4-5-6-8-19-17(20)7-10-21-12-14-23-15-13-22-11-9-18-16(2)3/h16,18H,4-15H2,1-3H3,(H,19,20). The fourth-order valence-electron chi connectivity index (χ4n) is 1.82. The monoisotopic (exact) mass is 332 g/mol. The van der Waals surface area contributed by atoms with Gasteiger partial charge in [-0.2, -0.15) is 0 Å². The summed E-state index contributed by atoms with van der Waals surface area (Å²) < 4.78 is 16.2. The van der Waals surface area contributed by atoms with Gasteiger partial charge in [-0.3, -0.25) is 4.79 Å². The maximum Gasteiger partial charge on any atom is 0.222 e. The highest BCUT2D eigenvalue weighted by atomic mass is 16.5. The Hall–Kier alpha value is -0.690. The second-order valence-electron chi connectivity index (χ2n) is 5.75. The molecule has 0 radical (unpaired) electrons. The van der Waals surface area contributed by atoms with Gasteiger partial charge in [0.1, 0.15) is 0 Å². The number of amides is 1. The second kappa shape index (κ2) is 17.7. The Balaban J connectivity index is 3.11. The molecule has 1 amide bonds. The van der Waals surface area contributed by atoms with Gasteiger partial charge in [0.05, 0.1) is 39.6 Å². The summed E-state index contributed by atoms with van der Waals surface area (Å²) in [5.74, 6) is 0.0606. The van der Waals surface area contributed by atoms with Crippen molar-refractivity contribution in [2.75, 3.05) is 52.7 Å². The summed E-state index contributed by atoms with van der Waals surface area (Å²) in [6, 6.07) is 0.491. The van der Waals surface area contributed by atoms with Crippen LogP contribution < -0.4 is 10.6 Å². The number of carbonyl (C=O) groups excluding carboxylic acids is 1. The molecule has 0 aliphatic carbocycles. The maximum absolute atomic E-state index is 11.5. The summed E-state index contributed by atoms with van der Waals surface area (Å²) in [5.41, 5.74) is 0. The minimum atomic E-state index is 0.0606. The molecule has 0 unspecified atom stereocenters. The van der Waals surface area contributed by atoms with Crippen LogP contribution in [-0.4, -0.2) is 64.7 Å². The lowest BCUT2D eigenvalue weighted by Crippen LogP contribution is -2.27. The molecule has 0 saturated carbocycles. The van der Waals surface area contributed by atoms with Crippen LogP contribution in [0.15, 0.2) is 0 Å². The lowest BCUT2D eigenvalue weighted by Gasteiger charge is -2.09. The average molecular weight is 332 g/mol. The smallest absolute Gasteiger partial charge is 0.222 e. The summed E-state index contributed by atoms with van der Waals surface area (Å²) >= 11 is 0. The molecule has 138 valence electrons. The zero-order chi connectivity index (χ0) is 17.2. The zero-order valence-electron chi connectivity index (χ0n) is 15.2. The number of hydrogen-bond donors (Lipinski definition) is 2. The first-order valence-electron chi connectivity index (χ1n) is 8.90. The quantitative estimate of drug-likeness (QED) is 0.397. The number of carbonyl (C=O) groups is 1. The van der Waals surface area contributed by atoms with E-state index >= 15 is 0 Å². The van der Waals surface area contributed by atoms with Crippen LogP contribution in [-0.2, 0) is 19.0 Å². The normalized spacial score (nSPS) is 11.1. The Bertz CT molecular complexity index is 263. The van der Waals surface area contributed by atoms with E-state index in [1.54, 1.807) is 0 Å². The average Bonchev–Trinajstić information content (AvgIpc) is 2.52. The van der Waals surface area contributed by atoms with Crippen molar-refractivity contribution in [2.24, 2.45) is 0 Å². The van der Waals surface area contributed by atoms with Gasteiger partial charge in [0.15, 0.2) is 0 Å². The molecule has 0 aliphatic rings. The Labute approximate surface area is 141 Å². The van der Waals surface area contributed by atoms with Crippen molar-refractivity contribution in [1.82, 2.24) is 10.6 Å². The molecule has 2 N–H and O–H groups in total. The fourth-order valence-corrected chi connectivity index (χ4v) is 1.82. The van der Waals surface area contributed by atoms with E-state index in [1.165, 1.54) is 6.42 Å². The molecule has 0 aromatic rings. The van der Waals surface area contributed by atoms with Gasteiger partial charge in [-0.1, -0.05) is 33.6 Å². The predicted molar refractivity (Wildman–Crippen MR) is 92.7 cm³/mol. The summed E-state index contributed by atoms with van der Waals surface area (Å²) in [6.45, 7) is 11.4. The highest BCUT2D eigenvalue weighted by Crippen LogP contribution is 1.92. The molecule has 0 bridgehead atoms. The van der Waals surface area contributed by atoms with Crippen LogP contribution >= 0.6 is 0 Å². The number of rotatable bonds is 17. The first-order valence-corrected chi connectivity index (χ1v) is 8.90. The molecule has 0 heterocycles. The van der Waals surface area contributed by atoms with Gasteiger partial charge in [0.2, 0.25) is 5.91 Å². The molecule has 0 aliphatic heterocycles. The molecule has 0 saturated heterocycles. The van der Waals surface area contributed by atoms with Crippen LogP contribution in [0.1, 0.15) is 46.5 Å². The van der Waals surface area contributed by atoms with E-state index in [0.717, 1.165) is 25.9 Å². The second-order valence-corrected chi connectivity index (χ2v) is 5.75. The van der Waals surface area contributed by atoms with Gasteiger partial charge in [0.25, 0.3) is 0 Å². The lowest BCUT2D eigenvalue weighted by molar-refractivity contribution is -0.122. The molecule has 6 nitrogen and oxygen atoms in total. The van der Waals surface area contributed by atoms with E-state index in [4.69, 9.17) is 14.2 Å². The topological polar surface area (TPSA) is 68.8 Å². The van der Waals surface area contributed by atoms with Gasteiger partial charge in [-0.25, -0.2) is 0 Å². The van der Waals surface area contributed by atoms with Gasteiger partial charge >= 0.3 is 0 Å². The molecule has 0 aromatic heterocycles. The van der Waals surface area contributed by atoms with E-state index < -0.39 is 0 Å². The Kier molecular flexibility index (Phi) is 17.1. The van der Waals surface area contributed by atoms with Gasteiger partial charge in [-0.15, -0.1) is 0 Å². The molecular formula is C17H36N2O4. The van der Waals surface area contributed by atoms with Crippen molar-refractivity contribution in [3.05, 3.63) is 0 Å². The number of unbranched alkanes of at least 4 members (excludes halogenated alkanes) is 2. The number of hydrogen-bond acceptors (Lipinski definition) is 5. The van der Waals surface area contributed by atoms with Gasteiger partial charge in [-0.05, 0) is 6.42 Å². The van der Waals surface area contributed by atoms with Crippen molar-refractivity contribution in [3.8, 4) is 0 Å². The zero-order valence-corrected chi connectivity index (χ0v) is 15.2. The fraction of sp³-hybridized carbons (Fsp3) is 0.941. The summed E-state index contributed by atoms with van der Waals surface area (Å²) in [5, 5.41) is 6.17. The van der Waals surface area contributed by atoms with E-state index in [2.05, 4.69) is 31.4 Å². The summed E-state index contributed by atoms with van der Waals surface area (Å²) in [7, 11) is 0. The van der Waals surface area contributed by atoms with Crippen molar-refractivity contribution in [2.45, 2.75) is 52.5 Å². The Morgan fingerprint density at radius 2 is 1.48 bits per heavy atom. The van der Waals surface area contributed by atoms with Crippen LogP contribution in [0.3, 0.4) is 0 Å². The number of ether oxygens (including phenoxy) is 3. The van der Waals surface area contributed by atoms with Crippen molar-refractivity contribution in [3.63, 3.8) is 0 Å². The molecule has 0 rings (SSSR count). The minimum absolute atomic E-state index is 0.0606. The molecular weight excluding hydrogens is 296 g/mol. The Morgan fingerprint density at radius 1 is 0.870 bits per heavy atom. The van der Waals surface area contributed by atoms with Crippen LogP contribution in [0, 0.1) is 0 Å². The predicted octanol–water partition coefficient (Wildman–Crippen LogP) is 1.73. The molecule has 23 heavy (non-hydrogen) atoms. The third-order valence-electron chi connectivity index (χ3n) is 3.12. The van der Waals surface area contributed by atoms with Crippen LogP contribution in [0.4, 0.5) is 0 Å². The first kappa shape index (κ1) is 22.3. The van der Waals surface area contributed by atoms with E-state index in [0.29, 0.717) is 52.1 Å². The van der Waals surface area contributed by atoms with Crippen LogP contribution in [0.25, 0.3) is 0 Å². The summed E-state index contributed by atoms with van der Waals surface area (Å²) in [4.78, 5) is 11.5. The first-order chi connectivity index (χ1) is 11.2. The molecule has 0 atom stereocenters. The summed E-state index contributed by atoms with van der Waals surface area (Å²) in [6.07, 6.45) is 3.79. The van der Waals surface area contributed by atoms with Crippen LogP contribution in [0.5, 0.6) is 0 Å². The number of nitrogens with one attached hydrogen (secondary N) is 2. The van der Waals surface area contributed by atoms with Crippen molar-refractivity contribution < 1.29 is 19.0 Å². The highest BCUT2D eigenvalue weighted by Gasteiger charge is 2.00. The Morgan fingerprint density at radius 3 is 2.09 bits per heavy atom. The molecule has 0 aromatic carbocycles. The molecule has 6 heteroatoms. The van der Waals surface area contributed by atoms with Crippen molar-refractivity contribution >= 4 is 5.91 Å². The van der Waals surface area contributed by atoms with Gasteiger partial charge < -0.3 is 24.8 Å². The van der Waals surface area contributed by atoms with E-state index in [-0.39, 0.29) is 5.91 Å². The van der Waals surface area contributed by atoms with Gasteiger partial charge in [0, 0.05) is 25.6 Å². The minimum Gasteiger partial charge on any atom is -0.379 e. The third kappa shape index (κ3) is 19.3. The maximum atomic E-state index is 11.5.